The Labute approximate surface area is 167 Å². The fourth-order valence-corrected chi connectivity index (χ4v) is 3.76. The molecule has 4 atom stereocenters. The van der Waals surface area contributed by atoms with E-state index < -0.39 is 12.1 Å². The molecular formula is C20H33N5O3. The lowest BCUT2D eigenvalue weighted by molar-refractivity contribution is -0.131. The molecule has 156 valence electrons. The van der Waals surface area contributed by atoms with Crippen LogP contribution >= 0.6 is 0 Å². The number of amides is 3. The molecule has 8 nitrogen and oxygen atoms in total. The molecule has 0 bridgehead atoms. The smallest absolute Gasteiger partial charge is 0.243 e. The fraction of sp³-hybridized carbons (Fsp3) is 0.800. The minimum atomic E-state index is -0.759. The summed E-state index contributed by atoms with van der Waals surface area (Å²) in [5.74, 6) is -0.879. The average Bonchev–Trinajstić information content (AvgIpc) is 3.16. The van der Waals surface area contributed by atoms with Crippen molar-refractivity contribution in [3.63, 3.8) is 0 Å². The number of carbonyl (C=O) groups excluding carboxylic acids is 3. The van der Waals surface area contributed by atoms with Gasteiger partial charge in [-0.1, -0.05) is 20.8 Å². The summed E-state index contributed by atoms with van der Waals surface area (Å²) >= 11 is 0. The van der Waals surface area contributed by atoms with Crippen LogP contribution in [0.4, 0.5) is 0 Å². The summed E-state index contributed by atoms with van der Waals surface area (Å²) in [6, 6.07) is 0.344. The zero-order valence-corrected chi connectivity index (χ0v) is 17.1. The van der Waals surface area contributed by atoms with Gasteiger partial charge in [0.15, 0.2) is 0 Å². The largest absolute Gasteiger partial charge is 0.356 e. The van der Waals surface area contributed by atoms with Crippen LogP contribution in [0.3, 0.4) is 0 Å². The Hall–Kier alpha value is -2.14. The fourth-order valence-electron chi connectivity index (χ4n) is 3.76. The maximum atomic E-state index is 12.9. The Bertz CT molecular complexity index is 616. The highest BCUT2D eigenvalue weighted by Crippen LogP contribution is 2.22. The predicted molar refractivity (Wildman–Crippen MR) is 105 cm³/mol. The first-order chi connectivity index (χ1) is 13.2. The summed E-state index contributed by atoms with van der Waals surface area (Å²) in [6.07, 6.45) is 4.03. The third-order valence-electron chi connectivity index (χ3n) is 5.22. The molecule has 0 spiro atoms. The van der Waals surface area contributed by atoms with Gasteiger partial charge in [0.25, 0.3) is 0 Å². The van der Waals surface area contributed by atoms with Crippen LogP contribution < -0.4 is 21.3 Å². The number of hydrogen-bond acceptors (Lipinski definition) is 5. The standard InChI is InChI=1S/C20H33N5O3/c1-20(2,3)11-16(25-18(27)15-7-5-8-22-15)19(28)24-14(12-21)10-13-6-4-9-23-17(13)26/h13-16,22H,4-11H2,1-3H3,(H,23,26)(H,24,28)(H,25,27)/t13-,14-,15-,16-/m0/s1. The summed E-state index contributed by atoms with van der Waals surface area (Å²) < 4.78 is 0. The third-order valence-corrected chi connectivity index (χ3v) is 5.22. The summed E-state index contributed by atoms with van der Waals surface area (Å²) in [4.78, 5) is 37.3. The monoisotopic (exact) mass is 391 g/mol. The SMILES string of the molecule is CC(C)(C)C[C@H](NC(=O)[C@@H]1CCCN1)C(=O)N[C@H](C#N)C[C@@H]1CCCNC1=O. The van der Waals surface area contributed by atoms with Gasteiger partial charge in [-0.15, -0.1) is 0 Å². The molecule has 0 unspecified atom stereocenters. The van der Waals surface area contributed by atoms with Gasteiger partial charge >= 0.3 is 0 Å². The van der Waals surface area contributed by atoms with Crippen LogP contribution in [0.2, 0.25) is 0 Å². The normalized spacial score (nSPS) is 24.6. The summed E-state index contributed by atoms with van der Waals surface area (Å²) in [7, 11) is 0. The van der Waals surface area contributed by atoms with E-state index in [4.69, 9.17) is 0 Å². The second kappa shape index (κ2) is 9.87. The lowest BCUT2D eigenvalue weighted by Crippen LogP contribution is -2.54. The van der Waals surface area contributed by atoms with Crippen molar-refractivity contribution in [2.45, 2.75) is 77.4 Å². The molecule has 2 fully saturated rings. The number of piperidine rings is 1. The molecule has 2 saturated heterocycles. The molecule has 28 heavy (non-hydrogen) atoms. The second-order valence-corrected chi connectivity index (χ2v) is 9.03. The molecule has 0 aromatic carbocycles. The van der Waals surface area contributed by atoms with Gasteiger partial charge in [0.1, 0.15) is 12.1 Å². The molecule has 2 aliphatic rings. The highest BCUT2D eigenvalue weighted by molar-refractivity contribution is 5.90. The van der Waals surface area contributed by atoms with Gasteiger partial charge in [-0.3, -0.25) is 14.4 Å². The van der Waals surface area contributed by atoms with Gasteiger partial charge < -0.3 is 21.3 Å². The molecular weight excluding hydrogens is 358 g/mol. The number of nitrogens with one attached hydrogen (secondary N) is 4. The van der Waals surface area contributed by atoms with Crippen LogP contribution in [0, 0.1) is 22.7 Å². The minimum Gasteiger partial charge on any atom is -0.356 e. The molecule has 8 heteroatoms. The third kappa shape index (κ3) is 6.79. The highest BCUT2D eigenvalue weighted by Gasteiger charge is 2.32. The molecule has 2 rings (SSSR count). The molecule has 4 N–H and O–H groups in total. The summed E-state index contributed by atoms with van der Waals surface area (Å²) in [6.45, 7) is 7.46. The summed E-state index contributed by atoms with van der Waals surface area (Å²) in [5.41, 5.74) is -0.177. The van der Waals surface area contributed by atoms with Crippen molar-refractivity contribution in [1.82, 2.24) is 21.3 Å². The van der Waals surface area contributed by atoms with E-state index in [1.54, 1.807) is 0 Å². The molecule has 0 aliphatic carbocycles. The van der Waals surface area contributed by atoms with E-state index in [0.29, 0.717) is 13.0 Å². The van der Waals surface area contributed by atoms with Crippen LogP contribution in [-0.2, 0) is 14.4 Å². The topological polar surface area (TPSA) is 123 Å². The Morgan fingerprint density at radius 2 is 1.93 bits per heavy atom. The van der Waals surface area contributed by atoms with E-state index in [1.165, 1.54) is 0 Å². The maximum Gasteiger partial charge on any atom is 0.243 e. The Kier molecular flexibility index (Phi) is 7.81. The van der Waals surface area contributed by atoms with Gasteiger partial charge in [-0.25, -0.2) is 0 Å². The van der Waals surface area contributed by atoms with Gasteiger partial charge in [0.2, 0.25) is 17.7 Å². The van der Waals surface area contributed by atoms with Crippen LogP contribution in [-0.4, -0.2) is 48.9 Å². The average molecular weight is 392 g/mol. The van der Waals surface area contributed by atoms with E-state index in [1.807, 2.05) is 20.8 Å². The molecule has 0 saturated carbocycles. The van der Waals surface area contributed by atoms with E-state index in [2.05, 4.69) is 27.3 Å². The van der Waals surface area contributed by atoms with Crippen molar-refractivity contribution in [3.8, 4) is 6.07 Å². The molecule has 0 aromatic rings. The number of nitrogens with zero attached hydrogens (tertiary/aromatic N) is 1. The molecule has 0 aromatic heterocycles. The van der Waals surface area contributed by atoms with Crippen LogP contribution in [0.5, 0.6) is 0 Å². The highest BCUT2D eigenvalue weighted by atomic mass is 16.2. The molecule has 3 amide bonds. The lowest BCUT2D eigenvalue weighted by atomic mass is 9.87. The van der Waals surface area contributed by atoms with E-state index in [-0.39, 0.29) is 41.5 Å². The van der Waals surface area contributed by atoms with Crippen LogP contribution in [0.15, 0.2) is 0 Å². The lowest BCUT2D eigenvalue weighted by Gasteiger charge is -2.29. The van der Waals surface area contributed by atoms with E-state index in [0.717, 1.165) is 32.2 Å². The van der Waals surface area contributed by atoms with Crippen molar-refractivity contribution in [3.05, 3.63) is 0 Å². The number of hydrogen-bond donors (Lipinski definition) is 4. The zero-order chi connectivity index (χ0) is 20.7. The Balaban J connectivity index is 1.99. The second-order valence-electron chi connectivity index (χ2n) is 9.03. The Morgan fingerprint density at radius 3 is 2.50 bits per heavy atom. The van der Waals surface area contributed by atoms with Crippen molar-refractivity contribution in [1.29, 1.82) is 5.26 Å². The van der Waals surface area contributed by atoms with Crippen molar-refractivity contribution < 1.29 is 14.4 Å². The van der Waals surface area contributed by atoms with E-state index >= 15 is 0 Å². The first kappa shape index (κ1) is 22.2. The zero-order valence-electron chi connectivity index (χ0n) is 17.1. The Morgan fingerprint density at radius 1 is 1.21 bits per heavy atom. The van der Waals surface area contributed by atoms with Gasteiger partial charge in [-0.2, -0.15) is 5.26 Å². The van der Waals surface area contributed by atoms with Crippen molar-refractivity contribution in [2.75, 3.05) is 13.1 Å². The number of carbonyl (C=O) groups is 3. The van der Waals surface area contributed by atoms with E-state index in [9.17, 15) is 19.6 Å². The number of rotatable bonds is 7. The molecule has 0 radical (unpaired) electrons. The van der Waals surface area contributed by atoms with Crippen molar-refractivity contribution >= 4 is 17.7 Å². The quantitative estimate of drug-likeness (QED) is 0.506. The minimum absolute atomic E-state index is 0.0624. The van der Waals surface area contributed by atoms with Crippen LogP contribution in [0.1, 0.15) is 59.3 Å². The maximum absolute atomic E-state index is 12.9. The van der Waals surface area contributed by atoms with Gasteiger partial charge in [-0.05, 0) is 50.5 Å². The van der Waals surface area contributed by atoms with Crippen LogP contribution in [0.25, 0.3) is 0 Å². The first-order valence-electron chi connectivity index (χ1n) is 10.2. The number of nitriles is 1. The molecule has 2 heterocycles. The van der Waals surface area contributed by atoms with Gasteiger partial charge in [0.05, 0.1) is 12.1 Å². The van der Waals surface area contributed by atoms with Gasteiger partial charge in [0, 0.05) is 12.5 Å². The summed E-state index contributed by atoms with van der Waals surface area (Å²) in [5, 5.41) is 21.0. The first-order valence-corrected chi connectivity index (χ1v) is 10.2. The molecule has 2 aliphatic heterocycles. The predicted octanol–water partition coefficient (Wildman–Crippen LogP) is 0.584. The van der Waals surface area contributed by atoms with Crippen molar-refractivity contribution in [2.24, 2.45) is 11.3 Å².